The fraction of sp³-hybridized carbons (Fsp3) is 0.300. The highest BCUT2D eigenvalue weighted by Gasteiger charge is 2.17. The Morgan fingerprint density at radius 1 is 1.53 bits per heavy atom. The Labute approximate surface area is 86.7 Å². The van der Waals surface area contributed by atoms with E-state index in [2.05, 4.69) is 14.9 Å². The number of carbonyl (C=O) groups is 1. The van der Waals surface area contributed by atoms with E-state index in [1.165, 1.54) is 7.11 Å². The molecular formula is C10H10N2O3. The molecule has 1 aromatic heterocycles. The van der Waals surface area contributed by atoms with Gasteiger partial charge in [-0.25, -0.2) is 4.79 Å². The first-order valence-electron chi connectivity index (χ1n) is 4.53. The molecule has 1 aliphatic rings. The maximum atomic E-state index is 11.1. The van der Waals surface area contributed by atoms with Crippen LogP contribution in [0.25, 0.3) is 0 Å². The largest absolute Gasteiger partial charge is 0.492 e. The van der Waals surface area contributed by atoms with Crippen LogP contribution in [0, 0.1) is 0 Å². The average molecular weight is 206 g/mol. The van der Waals surface area contributed by atoms with Crippen molar-refractivity contribution in [2.24, 2.45) is 0 Å². The second kappa shape index (κ2) is 4.08. The zero-order valence-electron chi connectivity index (χ0n) is 8.21. The van der Waals surface area contributed by atoms with Crippen molar-refractivity contribution in [3.63, 3.8) is 0 Å². The molecule has 1 aliphatic heterocycles. The predicted octanol–water partition coefficient (Wildman–Crippen LogP) is 1.24. The van der Waals surface area contributed by atoms with Crippen LogP contribution in [0.3, 0.4) is 0 Å². The molecule has 0 amide bonds. The van der Waals surface area contributed by atoms with Crippen molar-refractivity contribution < 1.29 is 14.3 Å². The van der Waals surface area contributed by atoms with Gasteiger partial charge in [-0.2, -0.15) is 5.10 Å². The van der Waals surface area contributed by atoms with Gasteiger partial charge in [-0.1, -0.05) is 0 Å². The zero-order chi connectivity index (χ0) is 10.7. The van der Waals surface area contributed by atoms with Gasteiger partial charge in [0.2, 0.25) is 0 Å². The molecule has 5 heteroatoms. The third kappa shape index (κ3) is 1.96. The maximum Gasteiger partial charge on any atom is 0.358 e. The maximum absolute atomic E-state index is 11.1. The molecule has 78 valence electrons. The molecule has 2 heterocycles. The summed E-state index contributed by atoms with van der Waals surface area (Å²) < 4.78 is 9.78. The second-order valence-electron chi connectivity index (χ2n) is 3.07. The lowest BCUT2D eigenvalue weighted by molar-refractivity contribution is 0.0592. The summed E-state index contributed by atoms with van der Waals surface area (Å²) in [5.74, 6) is -0.487. The SMILES string of the molecule is COC(=O)c1ccc(C2CC=CO2)nn1. The van der Waals surface area contributed by atoms with Gasteiger partial charge in [0.1, 0.15) is 11.8 Å². The van der Waals surface area contributed by atoms with E-state index >= 15 is 0 Å². The van der Waals surface area contributed by atoms with E-state index in [9.17, 15) is 4.79 Å². The minimum absolute atomic E-state index is 0.0794. The molecule has 0 spiro atoms. The lowest BCUT2D eigenvalue weighted by Crippen LogP contribution is -2.08. The van der Waals surface area contributed by atoms with Crippen molar-refractivity contribution in [3.8, 4) is 0 Å². The summed E-state index contributed by atoms with van der Waals surface area (Å²) in [5, 5.41) is 7.68. The average Bonchev–Trinajstić information content (AvgIpc) is 2.82. The first-order chi connectivity index (χ1) is 7.31. The summed E-state index contributed by atoms with van der Waals surface area (Å²) in [5.41, 5.74) is 0.917. The third-order valence-electron chi connectivity index (χ3n) is 2.10. The molecule has 0 saturated heterocycles. The second-order valence-corrected chi connectivity index (χ2v) is 3.07. The topological polar surface area (TPSA) is 61.3 Å². The first-order valence-corrected chi connectivity index (χ1v) is 4.53. The molecule has 0 N–H and O–H groups in total. The summed E-state index contributed by atoms with van der Waals surface area (Å²) in [6, 6.07) is 3.30. The van der Waals surface area contributed by atoms with Crippen LogP contribution in [0.5, 0.6) is 0 Å². The Morgan fingerprint density at radius 3 is 2.93 bits per heavy atom. The van der Waals surface area contributed by atoms with Crippen molar-refractivity contribution in [2.75, 3.05) is 7.11 Å². The van der Waals surface area contributed by atoms with E-state index in [0.717, 1.165) is 6.42 Å². The molecule has 0 aromatic carbocycles. The molecule has 0 fully saturated rings. The van der Waals surface area contributed by atoms with Gasteiger partial charge in [0, 0.05) is 6.42 Å². The summed E-state index contributed by atoms with van der Waals surface area (Å²) >= 11 is 0. The molecule has 5 nitrogen and oxygen atoms in total. The van der Waals surface area contributed by atoms with E-state index in [4.69, 9.17) is 4.74 Å². The summed E-state index contributed by atoms with van der Waals surface area (Å²) in [4.78, 5) is 11.1. The van der Waals surface area contributed by atoms with Crippen LogP contribution >= 0.6 is 0 Å². The molecule has 0 radical (unpaired) electrons. The van der Waals surface area contributed by atoms with E-state index in [1.807, 2.05) is 6.08 Å². The van der Waals surface area contributed by atoms with Crippen molar-refractivity contribution >= 4 is 5.97 Å². The zero-order valence-corrected chi connectivity index (χ0v) is 8.21. The van der Waals surface area contributed by atoms with Crippen molar-refractivity contribution in [1.29, 1.82) is 0 Å². The number of hydrogen-bond acceptors (Lipinski definition) is 5. The van der Waals surface area contributed by atoms with E-state index < -0.39 is 5.97 Å². The summed E-state index contributed by atoms with van der Waals surface area (Å²) in [7, 11) is 1.31. The standard InChI is InChI=1S/C10H10N2O3/c1-14-10(13)8-5-4-7(11-12-8)9-3-2-6-15-9/h2,4-6,9H,3H2,1H3. The van der Waals surface area contributed by atoms with Crippen LogP contribution in [0.2, 0.25) is 0 Å². The van der Waals surface area contributed by atoms with E-state index in [0.29, 0.717) is 5.69 Å². The van der Waals surface area contributed by atoms with Gasteiger partial charge in [0.25, 0.3) is 0 Å². The predicted molar refractivity (Wildman–Crippen MR) is 51.0 cm³/mol. The summed E-state index contributed by atoms with van der Waals surface area (Å²) in [6.45, 7) is 0. The van der Waals surface area contributed by atoms with Gasteiger partial charge < -0.3 is 9.47 Å². The Hall–Kier alpha value is -1.91. The minimum Gasteiger partial charge on any atom is -0.492 e. The molecule has 0 saturated carbocycles. The van der Waals surface area contributed by atoms with E-state index in [-0.39, 0.29) is 11.8 Å². The molecule has 1 unspecified atom stereocenters. The van der Waals surface area contributed by atoms with Gasteiger partial charge in [-0.05, 0) is 18.2 Å². The van der Waals surface area contributed by atoms with Crippen molar-refractivity contribution in [1.82, 2.24) is 10.2 Å². The number of aromatic nitrogens is 2. The fourth-order valence-corrected chi connectivity index (χ4v) is 1.30. The monoisotopic (exact) mass is 206 g/mol. The number of ether oxygens (including phenoxy) is 2. The van der Waals surface area contributed by atoms with Crippen molar-refractivity contribution in [2.45, 2.75) is 12.5 Å². The van der Waals surface area contributed by atoms with Crippen LogP contribution in [0.1, 0.15) is 28.7 Å². The van der Waals surface area contributed by atoms with Gasteiger partial charge in [-0.15, -0.1) is 5.10 Å². The molecule has 0 aliphatic carbocycles. The fourth-order valence-electron chi connectivity index (χ4n) is 1.30. The number of esters is 1. The summed E-state index contributed by atoms with van der Waals surface area (Å²) in [6.07, 6.45) is 4.26. The Balaban J connectivity index is 2.13. The minimum atomic E-state index is -0.487. The highest BCUT2D eigenvalue weighted by molar-refractivity contribution is 5.86. The highest BCUT2D eigenvalue weighted by Crippen LogP contribution is 2.24. The molecular weight excluding hydrogens is 196 g/mol. The quantitative estimate of drug-likeness (QED) is 0.681. The Kier molecular flexibility index (Phi) is 2.62. The molecule has 1 aromatic rings. The molecule has 0 bridgehead atoms. The van der Waals surface area contributed by atoms with Crippen LogP contribution in [0.15, 0.2) is 24.5 Å². The van der Waals surface area contributed by atoms with Gasteiger partial charge in [0.15, 0.2) is 5.69 Å². The van der Waals surface area contributed by atoms with Crippen molar-refractivity contribution in [3.05, 3.63) is 35.9 Å². The van der Waals surface area contributed by atoms with E-state index in [1.54, 1.807) is 18.4 Å². The lowest BCUT2D eigenvalue weighted by atomic mass is 10.2. The smallest absolute Gasteiger partial charge is 0.358 e. The number of rotatable bonds is 2. The number of nitrogens with zero attached hydrogens (tertiary/aromatic N) is 2. The van der Waals surface area contributed by atoms with Gasteiger partial charge in [-0.3, -0.25) is 0 Å². The normalized spacial score (nSPS) is 18.6. The van der Waals surface area contributed by atoms with Crippen LogP contribution in [0.4, 0.5) is 0 Å². The third-order valence-corrected chi connectivity index (χ3v) is 2.10. The Bertz CT molecular complexity index is 378. The highest BCUT2D eigenvalue weighted by atomic mass is 16.5. The Morgan fingerprint density at radius 2 is 2.40 bits per heavy atom. The molecule has 15 heavy (non-hydrogen) atoms. The van der Waals surface area contributed by atoms with Crippen LogP contribution < -0.4 is 0 Å². The number of methoxy groups -OCH3 is 1. The number of carbonyl (C=O) groups excluding carboxylic acids is 1. The van der Waals surface area contributed by atoms with Gasteiger partial charge >= 0.3 is 5.97 Å². The van der Waals surface area contributed by atoms with Crippen LogP contribution in [-0.4, -0.2) is 23.3 Å². The van der Waals surface area contributed by atoms with Crippen LogP contribution in [-0.2, 0) is 9.47 Å². The first kappa shape index (κ1) is 9.64. The molecule has 1 atom stereocenters. The van der Waals surface area contributed by atoms with Gasteiger partial charge in [0.05, 0.1) is 13.4 Å². The molecule has 2 rings (SSSR count). The number of hydrogen-bond donors (Lipinski definition) is 0. The lowest BCUT2D eigenvalue weighted by Gasteiger charge is -2.08.